The molecule has 0 spiro atoms. The molecular weight excluding hydrogens is 246 g/mol. The molecule has 3 rings (SSSR count). The van der Waals surface area contributed by atoms with Crippen molar-refractivity contribution in [2.75, 3.05) is 0 Å². The minimum atomic E-state index is 0.448. The normalized spacial score (nSPS) is 13.8. The third-order valence-electron chi connectivity index (χ3n) is 3.79. The summed E-state index contributed by atoms with van der Waals surface area (Å²) in [7, 11) is 0. The summed E-state index contributed by atoms with van der Waals surface area (Å²) < 4.78 is 0. The molecule has 1 N–H and O–H groups in total. The van der Waals surface area contributed by atoms with Gasteiger partial charge in [-0.25, -0.2) is 9.97 Å². The van der Waals surface area contributed by atoms with Gasteiger partial charge in [-0.1, -0.05) is 43.7 Å². The van der Waals surface area contributed by atoms with Gasteiger partial charge in [0.25, 0.3) is 0 Å². The van der Waals surface area contributed by atoms with Crippen LogP contribution in [0.5, 0.6) is 0 Å². The van der Waals surface area contributed by atoms with E-state index in [9.17, 15) is 0 Å². The predicted molar refractivity (Wildman–Crippen MR) is 80.6 cm³/mol. The molecule has 2 aromatic rings. The molecule has 1 aliphatic heterocycles. The summed E-state index contributed by atoms with van der Waals surface area (Å²) >= 11 is 0. The number of fused-ring (bicyclic) bond motifs is 1. The van der Waals surface area contributed by atoms with Crippen LogP contribution in [0, 0.1) is 6.92 Å². The summed E-state index contributed by atoms with van der Waals surface area (Å²) in [5.41, 5.74) is 6.27. The molecule has 0 aliphatic carbocycles. The molecular formula is C17H21N3. The first-order valence-electron chi connectivity index (χ1n) is 7.28. The van der Waals surface area contributed by atoms with Crippen molar-refractivity contribution in [1.29, 1.82) is 0 Å². The largest absolute Gasteiger partial charge is 0.307 e. The monoisotopic (exact) mass is 267 g/mol. The van der Waals surface area contributed by atoms with Gasteiger partial charge in [0.1, 0.15) is 5.82 Å². The summed E-state index contributed by atoms with van der Waals surface area (Å²) in [6.45, 7) is 8.30. The van der Waals surface area contributed by atoms with Crippen LogP contribution in [-0.4, -0.2) is 9.97 Å². The number of rotatable bonds is 3. The van der Waals surface area contributed by atoms with Gasteiger partial charge < -0.3 is 5.32 Å². The van der Waals surface area contributed by atoms with Crippen molar-refractivity contribution in [2.24, 2.45) is 0 Å². The van der Waals surface area contributed by atoms with Crippen LogP contribution in [0.3, 0.4) is 0 Å². The highest BCUT2D eigenvalue weighted by atomic mass is 15.0. The van der Waals surface area contributed by atoms with E-state index in [2.05, 4.69) is 50.4 Å². The Morgan fingerprint density at radius 3 is 2.55 bits per heavy atom. The molecule has 20 heavy (non-hydrogen) atoms. The highest BCUT2D eigenvalue weighted by Crippen LogP contribution is 2.24. The Labute approximate surface area is 120 Å². The van der Waals surface area contributed by atoms with Gasteiger partial charge in [-0.05, 0) is 18.4 Å². The molecule has 104 valence electrons. The van der Waals surface area contributed by atoms with E-state index in [1.54, 1.807) is 0 Å². The molecule has 0 fully saturated rings. The van der Waals surface area contributed by atoms with Gasteiger partial charge in [-0.3, -0.25) is 0 Å². The van der Waals surface area contributed by atoms with Crippen LogP contribution in [0.25, 0.3) is 0 Å². The molecule has 1 aromatic heterocycles. The van der Waals surface area contributed by atoms with Crippen LogP contribution in [0.15, 0.2) is 24.3 Å². The van der Waals surface area contributed by atoms with Crippen molar-refractivity contribution in [1.82, 2.24) is 15.3 Å². The maximum Gasteiger partial charge on any atom is 0.133 e. The first kappa shape index (κ1) is 13.3. The summed E-state index contributed by atoms with van der Waals surface area (Å²) in [6, 6.07) is 8.62. The van der Waals surface area contributed by atoms with E-state index in [4.69, 9.17) is 9.97 Å². The number of aryl methyl sites for hydroxylation is 1. The quantitative estimate of drug-likeness (QED) is 0.928. The van der Waals surface area contributed by atoms with Gasteiger partial charge in [0, 0.05) is 25.1 Å². The Kier molecular flexibility index (Phi) is 3.53. The first-order valence-corrected chi connectivity index (χ1v) is 7.28. The summed E-state index contributed by atoms with van der Waals surface area (Å²) in [5, 5.41) is 3.38. The lowest BCUT2D eigenvalue weighted by molar-refractivity contribution is 0.745. The van der Waals surface area contributed by atoms with E-state index in [-0.39, 0.29) is 0 Å². The molecule has 0 saturated heterocycles. The number of hydrogen-bond donors (Lipinski definition) is 1. The van der Waals surface area contributed by atoms with Crippen LogP contribution >= 0.6 is 0 Å². The van der Waals surface area contributed by atoms with E-state index in [0.717, 1.165) is 25.3 Å². The standard InChI is InChI=1S/C17H21N3/c1-11(2)17-14-9-18-10-15(14)19-16(20-17)8-13-6-4-12(3)5-7-13/h4-7,11,18H,8-10H2,1-3H3. The lowest BCUT2D eigenvalue weighted by atomic mass is 10.0. The highest BCUT2D eigenvalue weighted by Gasteiger charge is 2.20. The summed E-state index contributed by atoms with van der Waals surface area (Å²) in [5.74, 6) is 1.39. The smallest absolute Gasteiger partial charge is 0.133 e. The third kappa shape index (κ3) is 2.59. The van der Waals surface area contributed by atoms with Crippen molar-refractivity contribution in [3.8, 4) is 0 Å². The van der Waals surface area contributed by atoms with Gasteiger partial charge in [0.2, 0.25) is 0 Å². The van der Waals surface area contributed by atoms with Gasteiger partial charge >= 0.3 is 0 Å². The van der Waals surface area contributed by atoms with Gasteiger partial charge in [0.05, 0.1) is 11.4 Å². The lowest BCUT2D eigenvalue weighted by Crippen LogP contribution is -2.08. The fraction of sp³-hybridized carbons (Fsp3) is 0.412. The predicted octanol–water partition coefficient (Wildman–Crippen LogP) is 3.10. The minimum absolute atomic E-state index is 0.448. The zero-order valence-corrected chi connectivity index (χ0v) is 12.4. The van der Waals surface area contributed by atoms with Gasteiger partial charge in [-0.2, -0.15) is 0 Å². The van der Waals surface area contributed by atoms with Crippen molar-refractivity contribution in [3.63, 3.8) is 0 Å². The van der Waals surface area contributed by atoms with Crippen molar-refractivity contribution in [2.45, 2.75) is 46.2 Å². The molecule has 3 heteroatoms. The number of nitrogens with one attached hydrogen (secondary N) is 1. The zero-order valence-electron chi connectivity index (χ0n) is 12.4. The Morgan fingerprint density at radius 2 is 1.85 bits per heavy atom. The second kappa shape index (κ2) is 5.33. The fourth-order valence-corrected chi connectivity index (χ4v) is 2.69. The summed E-state index contributed by atoms with van der Waals surface area (Å²) in [4.78, 5) is 9.55. The van der Waals surface area contributed by atoms with Crippen molar-refractivity contribution >= 4 is 0 Å². The fourth-order valence-electron chi connectivity index (χ4n) is 2.69. The Balaban J connectivity index is 1.94. The van der Waals surface area contributed by atoms with E-state index < -0.39 is 0 Å². The molecule has 0 radical (unpaired) electrons. The Bertz CT molecular complexity index is 615. The van der Waals surface area contributed by atoms with Crippen LogP contribution in [-0.2, 0) is 19.5 Å². The molecule has 0 saturated carbocycles. The van der Waals surface area contributed by atoms with E-state index in [1.165, 1.54) is 28.1 Å². The Hall–Kier alpha value is -1.74. The molecule has 0 atom stereocenters. The van der Waals surface area contributed by atoms with E-state index in [1.807, 2.05) is 0 Å². The minimum Gasteiger partial charge on any atom is -0.307 e. The first-order chi connectivity index (χ1) is 9.63. The maximum absolute atomic E-state index is 4.81. The number of aromatic nitrogens is 2. The van der Waals surface area contributed by atoms with Crippen LogP contribution in [0.2, 0.25) is 0 Å². The van der Waals surface area contributed by atoms with Crippen LogP contribution in [0.4, 0.5) is 0 Å². The lowest BCUT2D eigenvalue weighted by Gasteiger charge is -2.12. The summed E-state index contributed by atoms with van der Waals surface area (Å²) in [6.07, 6.45) is 0.813. The van der Waals surface area contributed by atoms with Crippen LogP contribution < -0.4 is 5.32 Å². The molecule has 1 aliphatic rings. The van der Waals surface area contributed by atoms with Crippen molar-refractivity contribution in [3.05, 3.63) is 58.2 Å². The van der Waals surface area contributed by atoms with Crippen molar-refractivity contribution < 1.29 is 0 Å². The van der Waals surface area contributed by atoms with E-state index >= 15 is 0 Å². The average molecular weight is 267 g/mol. The van der Waals surface area contributed by atoms with Gasteiger partial charge in [-0.15, -0.1) is 0 Å². The number of hydrogen-bond acceptors (Lipinski definition) is 3. The number of benzene rings is 1. The molecule has 2 heterocycles. The highest BCUT2D eigenvalue weighted by molar-refractivity contribution is 5.32. The average Bonchev–Trinajstić information content (AvgIpc) is 2.88. The maximum atomic E-state index is 4.81. The SMILES string of the molecule is Cc1ccc(Cc2nc3c(c(C(C)C)n2)CNC3)cc1. The number of nitrogens with zero attached hydrogens (tertiary/aromatic N) is 2. The molecule has 1 aromatic carbocycles. The van der Waals surface area contributed by atoms with E-state index in [0.29, 0.717) is 5.92 Å². The second-order valence-electron chi connectivity index (χ2n) is 5.87. The second-order valence-corrected chi connectivity index (χ2v) is 5.87. The Morgan fingerprint density at radius 1 is 1.10 bits per heavy atom. The molecule has 3 nitrogen and oxygen atoms in total. The molecule has 0 unspecified atom stereocenters. The molecule has 0 amide bonds. The van der Waals surface area contributed by atoms with Gasteiger partial charge in [0.15, 0.2) is 0 Å². The van der Waals surface area contributed by atoms with Crippen LogP contribution in [0.1, 0.15) is 53.7 Å². The molecule has 0 bridgehead atoms. The topological polar surface area (TPSA) is 37.8 Å². The zero-order chi connectivity index (χ0) is 14.1. The third-order valence-corrected chi connectivity index (χ3v) is 3.79.